The molecule has 11 heavy (non-hydrogen) atoms. The van der Waals surface area contributed by atoms with E-state index >= 15 is 0 Å². The molecular formula is C8H11N3. The molecule has 1 rings (SSSR count). The molecule has 0 bridgehead atoms. The Bertz CT molecular complexity index is 233. The maximum absolute atomic E-state index is 5.43. The lowest BCUT2D eigenvalue weighted by atomic mass is 10.2. The van der Waals surface area contributed by atoms with Crippen molar-refractivity contribution >= 4 is 17.1 Å². The van der Waals surface area contributed by atoms with Crippen molar-refractivity contribution in [2.45, 2.75) is 0 Å². The maximum Gasteiger partial charge on any atom is 0.0781 e. The molecule has 0 heterocycles. The van der Waals surface area contributed by atoms with Gasteiger partial charge in [0.2, 0.25) is 0 Å². The van der Waals surface area contributed by atoms with Crippen LogP contribution in [0.15, 0.2) is 18.2 Å². The first kappa shape index (κ1) is 9.18. The molecule has 6 N–H and O–H groups in total. The highest BCUT2D eigenvalue weighted by molar-refractivity contribution is 5.76. The van der Waals surface area contributed by atoms with Crippen molar-refractivity contribution in [1.82, 2.24) is 0 Å². The van der Waals surface area contributed by atoms with Gasteiger partial charge in [-0.15, -0.1) is 12.8 Å². The van der Waals surface area contributed by atoms with E-state index in [1.54, 1.807) is 18.2 Å². The first-order valence-electron chi connectivity index (χ1n) is 2.94. The lowest BCUT2D eigenvalue weighted by Crippen LogP contribution is -1.98. The first-order chi connectivity index (χ1) is 5.22. The zero-order valence-electron chi connectivity index (χ0n) is 6.12. The maximum atomic E-state index is 5.43. The number of benzene rings is 1. The molecule has 3 heteroatoms. The average molecular weight is 149 g/mol. The van der Waals surface area contributed by atoms with Gasteiger partial charge in [0.05, 0.1) is 17.1 Å². The second kappa shape index (κ2) is 4.07. The summed E-state index contributed by atoms with van der Waals surface area (Å²) in [4.78, 5) is 0. The van der Waals surface area contributed by atoms with Gasteiger partial charge >= 0.3 is 0 Å². The SMILES string of the molecule is C#C.Nc1cccc(N)c1N. The van der Waals surface area contributed by atoms with Crippen molar-refractivity contribution in [3.63, 3.8) is 0 Å². The molecule has 1 aromatic carbocycles. The molecule has 3 nitrogen and oxygen atoms in total. The Morgan fingerprint density at radius 1 is 0.909 bits per heavy atom. The van der Waals surface area contributed by atoms with E-state index in [-0.39, 0.29) is 0 Å². The standard InChI is InChI=1S/C6H9N3.C2H2/c7-4-2-1-3-5(8)6(4)9;1-2/h1-3H,7-9H2;1-2H. The third-order valence-electron chi connectivity index (χ3n) is 1.17. The number of nitrogens with two attached hydrogens (primary N) is 3. The summed E-state index contributed by atoms with van der Waals surface area (Å²) in [7, 11) is 0. The second-order valence-electron chi connectivity index (χ2n) is 1.85. The fraction of sp³-hybridized carbons (Fsp3) is 0. The third-order valence-corrected chi connectivity index (χ3v) is 1.17. The quantitative estimate of drug-likeness (QED) is 0.375. The van der Waals surface area contributed by atoms with Crippen molar-refractivity contribution in [2.24, 2.45) is 0 Å². The van der Waals surface area contributed by atoms with Gasteiger partial charge in [0.25, 0.3) is 0 Å². The predicted octanol–water partition coefficient (Wildman–Crippen LogP) is 0.683. The van der Waals surface area contributed by atoms with E-state index in [2.05, 4.69) is 12.8 Å². The van der Waals surface area contributed by atoms with Crippen LogP contribution in [-0.4, -0.2) is 0 Å². The minimum atomic E-state index is 0.470. The zero-order chi connectivity index (χ0) is 8.85. The highest BCUT2D eigenvalue weighted by Crippen LogP contribution is 2.20. The molecular weight excluding hydrogens is 138 g/mol. The van der Waals surface area contributed by atoms with E-state index in [0.29, 0.717) is 17.1 Å². The van der Waals surface area contributed by atoms with E-state index < -0.39 is 0 Å². The summed E-state index contributed by atoms with van der Waals surface area (Å²) in [6, 6.07) is 5.19. The summed E-state index contributed by atoms with van der Waals surface area (Å²) in [5, 5.41) is 0. The molecule has 0 atom stereocenters. The first-order valence-corrected chi connectivity index (χ1v) is 2.94. The molecule has 0 aliphatic rings. The minimum absolute atomic E-state index is 0.470. The summed E-state index contributed by atoms with van der Waals surface area (Å²) in [5.74, 6) is 0. The molecule has 0 fully saturated rings. The van der Waals surface area contributed by atoms with Crippen LogP contribution < -0.4 is 17.2 Å². The van der Waals surface area contributed by atoms with Gasteiger partial charge in [-0.05, 0) is 12.1 Å². The molecule has 0 aliphatic heterocycles. The third kappa shape index (κ3) is 2.11. The highest BCUT2D eigenvalue weighted by atomic mass is 14.7. The number of para-hydroxylation sites is 1. The number of hydrogen-bond donors (Lipinski definition) is 3. The Balaban J connectivity index is 0.000000461. The molecule has 0 radical (unpaired) electrons. The van der Waals surface area contributed by atoms with Crippen molar-refractivity contribution in [1.29, 1.82) is 0 Å². The van der Waals surface area contributed by atoms with Gasteiger partial charge in [-0.2, -0.15) is 0 Å². The second-order valence-corrected chi connectivity index (χ2v) is 1.85. The van der Waals surface area contributed by atoms with E-state index in [1.165, 1.54) is 0 Å². The van der Waals surface area contributed by atoms with Crippen LogP contribution in [0, 0.1) is 12.8 Å². The summed E-state index contributed by atoms with van der Waals surface area (Å²) in [5.41, 5.74) is 17.8. The summed E-state index contributed by atoms with van der Waals surface area (Å²) in [6.07, 6.45) is 8.00. The van der Waals surface area contributed by atoms with Crippen LogP contribution in [0.3, 0.4) is 0 Å². The summed E-state index contributed by atoms with van der Waals surface area (Å²) >= 11 is 0. The van der Waals surface area contributed by atoms with Crippen LogP contribution in [0.1, 0.15) is 0 Å². The van der Waals surface area contributed by atoms with Crippen LogP contribution in [-0.2, 0) is 0 Å². The number of terminal acetylenes is 1. The summed E-state index contributed by atoms with van der Waals surface area (Å²) < 4.78 is 0. The molecule has 0 amide bonds. The molecule has 0 aliphatic carbocycles. The molecule has 0 unspecified atom stereocenters. The van der Waals surface area contributed by atoms with Crippen LogP contribution in [0.4, 0.5) is 17.1 Å². The van der Waals surface area contributed by atoms with Crippen LogP contribution >= 0.6 is 0 Å². The van der Waals surface area contributed by atoms with Crippen molar-refractivity contribution < 1.29 is 0 Å². The molecule has 0 aromatic heterocycles. The van der Waals surface area contributed by atoms with Gasteiger partial charge in [0.1, 0.15) is 0 Å². The van der Waals surface area contributed by atoms with Crippen LogP contribution in [0.5, 0.6) is 0 Å². The predicted molar refractivity (Wildman–Crippen MR) is 49.6 cm³/mol. The fourth-order valence-electron chi connectivity index (χ4n) is 0.602. The molecule has 0 spiro atoms. The fourth-order valence-corrected chi connectivity index (χ4v) is 0.602. The Hall–Kier alpha value is -1.82. The molecule has 0 saturated carbocycles. The monoisotopic (exact) mass is 149 g/mol. The van der Waals surface area contributed by atoms with E-state index in [1.807, 2.05) is 0 Å². The number of rotatable bonds is 0. The van der Waals surface area contributed by atoms with Gasteiger partial charge < -0.3 is 17.2 Å². The normalized spacial score (nSPS) is 7.82. The van der Waals surface area contributed by atoms with Gasteiger partial charge in [0.15, 0.2) is 0 Å². The Morgan fingerprint density at radius 3 is 1.55 bits per heavy atom. The van der Waals surface area contributed by atoms with Crippen molar-refractivity contribution in [3.05, 3.63) is 18.2 Å². The lowest BCUT2D eigenvalue weighted by Gasteiger charge is -2.00. The number of hydrogen-bond acceptors (Lipinski definition) is 3. The van der Waals surface area contributed by atoms with Gasteiger partial charge in [-0.1, -0.05) is 6.07 Å². The Kier molecular flexibility index (Phi) is 3.40. The Morgan fingerprint density at radius 2 is 1.27 bits per heavy atom. The van der Waals surface area contributed by atoms with Crippen LogP contribution in [0.2, 0.25) is 0 Å². The smallest absolute Gasteiger partial charge is 0.0781 e. The summed E-state index contributed by atoms with van der Waals surface area (Å²) in [6.45, 7) is 0. The number of anilines is 3. The van der Waals surface area contributed by atoms with Gasteiger partial charge in [-0.3, -0.25) is 0 Å². The molecule has 0 saturated heterocycles. The van der Waals surface area contributed by atoms with Crippen molar-refractivity contribution in [3.8, 4) is 12.8 Å². The largest absolute Gasteiger partial charge is 0.397 e. The zero-order valence-corrected chi connectivity index (χ0v) is 6.12. The average Bonchev–Trinajstić information content (AvgIpc) is 2.04. The topological polar surface area (TPSA) is 78.1 Å². The number of nitrogen functional groups attached to an aromatic ring is 3. The minimum Gasteiger partial charge on any atom is -0.397 e. The highest BCUT2D eigenvalue weighted by Gasteiger charge is 1.94. The van der Waals surface area contributed by atoms with Crippen LogP contribution in [0.25, 0.3) is 0 Å². The van der Waals surface area contributed by atoms with Gasteiger partial charge in [-0.25, -0.2) is 0 Å². The van der Waals surface area contributed by atoms with Gasteiger partial charge in [0, 0.05) is 0 Å². The van der Waals surface area contributed by atoms with E-state index in [9.17, 15) is 0 Å². The lowest BCUT2D eigenvalue weighted by molar-refractivity contribution is 1.65. The van der Waals surface area contributed by atoms with Crippen molar-refractivity contribution in [2.75, 3.05) is 17.2 Å². The van der Waals surface area contributed by atoms with E-state index in [4.69, 9.17) is 17.2 Å². The van der Waals surface area contributed by atoms with E-state index in [0.717, 1.165) is 0 Å². The molecule has 1 aromatic rings. The molecule has 58 valence electrons. The Labute approximate surface area is 66.2 Å².